The van der Waals surface area contributed by atoms with E-state index in [0.717, 1.165) is 35.7 Å². The van der Waals surface area contributed by atoms with E-state index in [1.165, 1.54) is 5.56 Å². The second-order valence-electron chi connectivity index (χ2n) is 5.55. The molecule has 0 bridgehead atoms. The zero-order valence-electron chi connectivity index (χ0n) is 12.4. The van der Waals surface area contributed by atoms with Crippen LogP contribution in [0.15, 0.2) is 15.1 Å². The minimum Gasteiger partial charge on any atom is -0.361 e. The number of hydrogen-bond acceptors (Lipinski definition) is 4. The zero-order chi connectivity index (χ0) is 14.0. The Kier molecular flexibility index (Phi) is 4.08. The summed E-state index contributed by atoms with van der Waals surface area (Å²) in [6.45, 7) is 10.4. The van der Waals surface area contributed by atoms with Gasteiger partial charge in [0.15, 0.2) is 0 Å². The number of aryl methyl sites for hydroxylation is 3. The van der Waals surface area contributed by atoms with Gasteiger partial charge in [-0.1, -0.05) is 31.1 Å². The molecule has 0 amide bonds. The second-order valence-corrected chi connectivity index (χ2v) is 5.55. The fourth-order valence-electron chi connectivity index (χ4n) is 2.42. The first-order chi connectivity index (χ1) is 8.99. The maximum atomic E-state index is 5.37. The highest BCUT2D eigenvalue weighted by Crippen LogP contribution is 2.27. The van der Waals surface area contributed by atoms with E-state index in [9.17, 15) is 0 Å². The van der Waals surface area contributed by atoms with Gasteiger partial charge in [-0.2, -0.15) is 0 Å². The largest absolute Gasteiger partial charge is 0.361 e. The molecule has 1 atom stereocenters. The molecule has 4 heteroatoms. The Bertz CT molecular complexity index is 521. The molecule has 0 spiro atoms. The minimum atomic E-state index is 0.414. The smallest absolute Gasteiger partial charge is 0.137 e. The summed E-state index contributed by atoms with van der Waals surface area (Å²) < 4.78 is 10.6. The predicted molar refractivity (Wildman–Crippen MR) is 73.3 cm³/mol. The first-order valence-electron chi connectivity index (χ1n) is 6.87. The molecule has 0 saturated heterocycles. The third kappa shape index (κ3) is 3.06. The van der Waals surface area contributed by atoms with Crippen LogP contribution < -0.4 is 0 Å². The van der Waals surface area contributed by atoms with Crippen LogP contribution in [-0.4, -0.2) is 10.3 Å². The lowest BCUT2D eigenvalue weighted by atomic mass is 9.94. The highest BCUT2D eigenvalue weighted by atomic mass is 16.5. The summed E-state index contributed by atoms with van der Waals surface area (Å²) in [6, 6.07) is 2.06. The maximum absolute atomic E-state index is 5.37. The SMILES string of the molecule is Cc1noc(C)c1C(C)CCc1cc(C(C)C)no1. The van der Waals surface area contributed by atoms with Gasteiger partial charge in [0.2, 0.25) is 0 Å². The summed E-state index contributed by atoms with van der Waals surface area (Å²) in [5, 5.41) is 8.09. The zero-order valence-corrected chi connectivity index (χ0v) is 12.4. The van der Waals surface area contributed by atoms with Crippen molar-refractivity contribution in [3.05, 3.63) is 34.5 Å². The van der Waals surface area contributed by atoms with Crippen LogP contribution in [0.4, 0.5) is 0 Å². The van der Waals surface area contributed by atoms with Gasteiger partial charge in [0, 0.05) is 18.1 Å². The summed E-state index contributed by atoms with van der Waals surface area (Å²) in [5.74, 6) is 2.71. The van der Waals surface area contributed by atoms with Gasteiger partial charge in [0.1, 0.15) is 11.5 Å². The molecular formula is C15H22N2O2. The molecule has 0 saturated carbocycles. The van der Waals surface area contributed by atoms with Crippen molar-refractivity contribution in [2.75, 3.05) is 0 Å². The predicted octanol–water partition coefficient (Wildman–Crippen LogP) is 4.14. The molecule has 4 nitrogen and oxygen atoms in total. The summed E-state index contributed by atoms with van der Waals surface area (Å²) in [6.07, 6.45) is 1.90. The van der Waals surface area contributed by atoms with E-state index in [-0.39, 0.29) is 0 Å². The van der Waals surface area contributed by atoms with Crippen molar-refractivity contribution < 1.29 is 9.05 Å². The van der Waals surface area contributed by atoms with E-state index in [1.807, 2.05) is 13.8 Å². The summed E-state index contributed by atoms with van der Waals surface area (Å²) in [7, 11) is 0. The molecule has 0 aliphatic carbocycles. The number of rotatable bonds is 5. The molecule has 104 valence electrons. The quantitative estimate of drug-likeness (QED) is 0.812. The summed E-state index contributed by atoms with van der Waals surface area (Å²) >= 11 is 0. The Morgan fingerprint density at radius 3 is 2.37 bits per heavy atom. The monoisotopic (exact) mass is 262 g/mol. The van der Waals surface area contributed by atoms with Gasteiger partial charge in [0.05, 0.1) is 11.4 Å². The fourth-order valence-corrected chi connectivity index (χ4v) is 2.42. The molecule has 0 fully saturated rings. The van der Waals surface area contributed by atoms with Crippen molar-refractivity contribution in [3.63, 3.8) is 0 Å². The molecule has 19 heavy (non-hydrogen) atoms. The first kappa shape index (κ1) is 13.8. The van der Waals surface area contributed by atoms with Gasteiger partial charge in [0.25, 0.3) is 0 Å². The molecule has 0 aliphatic heterocycles. The topological polar surface area (TPSA) is 52.1 Å². The van der Waals surface area contributed by atoms with Crippen molar-refractivity contribution >= 4 is 0 Å². The molecular weight excluding hydrogens is 240 g/mol. The van der Waals surface area contributed by atoms with Crippen LogP contribution in [-0.2, 0) is 6.42 Å². The van der Waals surface area contributed by atoms with E-state index in [0.29, 0.717) is 11.8 Å². The van der Waals surface area contributed by atoms with E-state index < -0.39 is 0 Å². The second kappa shape index (κ2) is 5.59. The van der Waals surface area contributed by atoms with Crippen LogP contribution >= 0.6 is 0 Å². The Morgan fingerprint density at radius 2 is 1.84 bits per heavy atom. The third-order valence-electron chi connectivity index (χ3n) is 3.57. The van der Waals surface area contributed by atoms with Crippen LogP contribution in [0.25, 0.3) is 0 Å². The number of nitrogens with zero attached hydrogens (tertiary/aromatic N) is 2. The van der Waals surface area contributed by atoms with Gasteiger partial charge in [-0.15, -0.1) is 0 Å². The molecule has 0 N–H and O–H groups in total. The van der Waals surface area contributed by atoms with Crippen molar-refractivity contribution in [1.82, 2.24) is 10.3 Å². The molecule has 0 aromatic carbocycles. The lowest BCUT2D eigenvalue weighted by Crippen LogP contribution is -1.98. The highest BCUT2D eigenvalue weighted by Gasteiger charge is 2.17. The fraction of sp³-hybridized carbons (Fsp3) is 0.600. The lowest BCUT2D eigenvalue weighted by Gasteiger charge is -2.09. The number of aromatic nitrogens is 2. The van der Waals surface area contributed by atoms with E-state index in [4.69, 9.17) is 9.05 Å². The average Bonchev–Trinajstić information content (AvgIpc) is 2.94. The van der Waals surface area contributed by atoms with Crippen molar-refractivity contribution in [2.24, 2.45) is 0 Å². The highest BCUT2D eigenvalue weighted by molar-refractivity contribution is 5.25. The Morgan fingerprint density at radius 1 is 1.11 bits per heavy atom. The van der Waals surface area contributed by atoms with Gasteiger partial charge >= 0.3 is 0 Å². The molecule has 1 unspecified atom stereocenters. The van der Waals surface area contributed by atoms with Gasteiger partial charge in [-0.05, 0) is 32.1 Å². The first-order valence-corrected chi connectivity index (χ1v) is 6.87. The van der Waals surface area contributed by atoms with Gasteiger partial charge in [-0.25, -0.2) is 0 Å². The average molecular weight is 262 g/mol. The van der Waals surface area contributed by atoms with Crippen molar-refractivity contribution in [1.29, 1.82) is 0 Å². The molecule has 2 rings (SSSR count). The molecule has 2 aromatic rings. The molecule has 0 aliphatic rings. The van der Waals surface area contributed by atoms with Crippen LogP contribution in [0.3, 0.4) is 0 Å². The summed E-state index contributed by atoms with van der Waals surface area (Å²) in [4.78, 5) is 0. The molecule has 0 radical (unpaired) electrons. The van der Waals surface area contributed by atoms with E-state index in [2.05, 4.69) is 37.2 Å². The lowest BCUT2D eigenvalue weighted by molar-refractivity contribution is 0.369. The van der Waals surface area contributed by atoms with Crippen LogP contribution in [0.1, 0.15) is 67.5 Å². The molecule has 2 heterocycles. The Hall–Kier alpha value is -1.58. The molecule has 2 aromatic heterocycles. The normalized spacial score (nSPS) is 13.2. The van der Waals surface area contributed by atoms with Crippen LogP contribution in [0, 0.1) is 13.8 Å². The van der Waals surface area contributed by atoms with Crippen molar-refractivity contribution in [3.8, 4) is 0 Å². The maximum Gasteiger partial charge on any atom is 0.137 e. The minimum absolute atomic E-state index is 0.414. The van der Waals surface area contributed by atoms with Gasteiger partial charge < -0.3 is 9.05 Å². The third-order valence-corrected chi connectivity index (χ3v) is 3.57. The van der Waals surface area contributed by atoms with E-state index >= 15 is 0 Å². The van der Waals surface area contributed by atoms with Gasteiger partial charge in [-0.3, -0.25) is 0 Å². The standard InChI is InChI=1S/C15H22N2O2/c1-9(2)14-8-13(19-17-14)7-6-10(3)15-11(4)16-18-12(15)5/h8-10H,6-7H2,1-5H3. The Labute approximate surface area is 114 Å². The van der Waals surface area contributed by atoms with E-state index in [1.54, 1.807) is 0 Å². The van der Waals surface area contributed by atoms with Crippen LogP contribution in [0.2, 0.25) is 0 Å². The summed E-state index contributed by atoms with van der Waals surface area (Å²) in [5.41, 5.74) is 3.24. The van der Waals surface area contributed by atoms with Crippen molar-refractivity contribution in [2.45, 2.75) is 59.3 Å². The Balaban J connectivity index is 1.98. The number of hydrogen-bond donors (Lipinski definition) is 0. The van der Waals surface area contributed by atoms with Crippen LogP contribution in [0.5, 0.6) is 0 Å².